The summed E-state index contributed by atoms with van der Waals surface area (Å²) in [5.41, 5.74) is 0.0984. The Hall–Kier alpha value is -1.92. The van der Waals surface area contributed by atoms with Gasteiger partial charge in [-0.3, -0.25) is 0 Å². The van der Waals surface area contributed by atoms with Crippen molar-refractivity contribution in [2.45, 2.75) is 0 Å². The Morgan fingerprint density at radius 3 is 2.33 bits per heavy atom. The number of hydrogen-bond acceptors (Lipinski definition) is 3. The van der Waals surface area contributed by atoms with E-state index in [0.717, 1.165) is 12.1 Å². The summed E-state index contributed by atoms with van der Waals surface area (Å²) < 4.78 is 31.3. The molecule has 2 N–H and O–H groups in total. The average molecular weight is 250 g/mol. The van der Waals surface area contributed by atoms with Gasteiger partial charge in [0.15, 0.2) is 11.6 Å². The van der Waals surface area contributed by atoms with Crippen molar-refractivity contribution in [2.75, 3.05) is 0 Å². The summed E-state index contributed by atoms with van der Waals surface area (Å²) in [6, 6.07) is 8.94. The van der Waals surface area contributed by atoms with E-state index in [2.05, 4.69) is 0 Å². The van der Waals surface area contributed by atoms with Crippen LogP contribution in [0.2, 0.25) is 0 Å². The van der Waals surface area contributed by atoms with Crippen LogP contribution in [0.15, 0.2) is 42.5 Å². The fourth-order valence-electron chi connectivity index (χ4n) is 1.46. The monoisotopic (exact) mass is 250 g/mol. The molecule has 0 aliphatic heterocycles. The van der Waals surface area contributed by atoms with Crippen molar-refractivity contribution in [1.82, 2.24) is 0 Å². The predicted molar refractivity (Wildman–Crippen MR) is 62.7 cm³/mol. The van der Waals surface area contributed by atoms with Gasteiger partial charge in [0.05, 0.1) is 0 Å². The summed E-state index contributed by atoms with van der Waals surface area (Å²) in [6.07, 6.45) is 0. The highest BCUT2D eigenvalue weighted by atomic mass is 19.1. The second kappa shape index (κ2) is 5.16. The Morgan fingerprint density at radius 1 is 0.944 bits per heavy atom. The molecule has 18 heavy (non-hydrogen) atoms. The van der Waals surface area contributed by atoms with Crippen LogP contribution in [0, 0.1) is 11.6 Å². The Kier molecular flexibility index (Phi) is 3.59. The molecule has 0 heterocycles. The molecule has 0 aromatic heterocycles. The van der Waals surface area contributed by atoms with Crippen molar-refractivity contribution in [2.24, 2.45) is 0 Å². The van der Waals surface area contributed by atoms with Crippen molar-refractivity contribution < 1.29 is 23.6 Å². The molecule has 0 saturated heterocycles. The number of rotatable bonds is 3. The van der Waals surface area contributed by atoms with E-state index < -0.39 is 18.8 Å². The minimum Gasteiger partial charge on any atom is -0.455 e. The number of benzene rings is 2. The normalized spacial score (nSPS) is 10.2. The first kappa shape index (κ1) is 12.5. The molecular formula is C12H9BF2O3. The molecule has 92 valence electrons. The molecule has 0 bridgehead atoms. The molecule has 0 aliphatic rings. The predicted octanol–water partition coefficient (Wildman–Crippen LogP) is 1.44. The van der Waals surface area contributed by atoms with Gasteiger partial charge in [0.1, 0.15) is 11.6 Å². The van der Waals surface area contributed by atoms with Crippen LogP contribution in [0.1, 0.15) is 0 Å². The summed E-state index contributed by atoms with van der Waals surface area (Å²) in [6.45, 7) is 0. The highest BCUT2D eigenvalue weighted by Crippen LogP contribution is 2.23. The SMILES string of the molecule is OB(O)c1ccccc1Oc1ccc(F)cc1F. The molecule has 2 rings (SSSR count). The molecule has 0 fully saturated rings. The van der Waals surface area contributed by atoms with Gasteiger partial charge in [-0.1, -0.05) is 18.2 Å². The minimum atomic E-state index is -1.73. The maximum absolute atomic E-state index is 13.4. The van der Waals surface area contributed by atoms with Crippen LogP contribution >= 0.6 is 0 Å². The highest BCUT2D eigenvalue weighted by Gasteiger charge is 2.17. The van der Waals surface area contributed by atoms with Crippen LogP contribution in [0.5, 0.6) is 11.5 Å². The van der Waals surface area contributed by atoms with Crippen molar-refractivity contribution >= 4 is 12.6 Å². The van der Waals surface area contributed by atoms with Crippen LogP contribution in [0.3, 0.4) is 0 Å². The van der Waals surface area contributed by atoms with Crippen molar-refractivity contribution in [3.05, 3.63) is 54.1 Å². The Labute approximate surface area is 102 Å². The van der Waals surface area contributed by atoms with Crippen molar-refractivity contribution in [3.8, 4) is 11.5 Å². The number of hydrogen-bond donors (Lipinski definition) is 2. The largest absolute Gasteiger partial charge is 0.492 e. The van der Waals surface area contributed by atoms with Gasteiger partial charge in [0.25, 0.3) is 0 Å². The lowest BCUT2D eigenvalue weighted by Gasteiger charge is -2.11. The summed E-state index contributed by atoms with van der Waals surface area (Å²) >= 11 is 0. The second-order valence-electron chi connectivity index (χ2n) is 3.59. The zero-order valence-corrected chi connectivity index (χ0v) is 9.18. The maximum atomic E-state index is 13.4. The van der Waals surface area contributed by atoms with E-state index in [1.165, 1.54) is 12.1 Å². The van der Waals surface area contributed by atoms with Crippen LogP contribution in [-0.4, -0.2) is 17.2 Å². The molecule has 0 amide bonds. The molecule has 0 unspecified atom stereocenters. The van der Waals surface area contributed by atoms with Gasteiger partial charge < -0.3 is 14.8 Å². The van der Waals surface area contributed by atoms with Gasteiger partial charge in [-0.25, -0.2) is 8.78 Å². The fourth-order valence-corrected chi connectivity index (χ4v) is 1.46. The number of para-hydroxylation sites is 1. The third kappa shape index (κ3) is 2.66. The van der Waals surface area contributed by atoms with E-state index in [1.807, 2.05) is 0 Å². The van der Waals surface area contributed by atoms with E-state index in [9.17, 15) is 8.78 Å². The summed E-state index contributed by atoms with van der Waals surface area (Å²) in [5, 5.41) is 18.2. The third-order valence-electron chi connectivity index (χ3n) is 2.31. The van der Waals surface area contributed by atoms with Crippen molar-refractivity contribution in [1.29, 1.82) is 0 Å². The molecule has 0 atom stereocenters. The maximum Gasteiger partial charge on any atom is 0.492 e. The minimum absolute atomic E-state index is 0.0954. The number of ether oxygens (including phenoxy) is 1. The molecule has 0 saturated carbocycles. The molecule has 6 heteroatoms. The lowest BCUT2D eigenvalue weighted by molar-refractivity contribution is 0.415. The molecule has 3 nitrogen and oxygen atoms in total. The lowest BCUT2D eigenvalue weighted by Crippen LogP contribution is -2.30. The van der Waals surface area contributed by atoms with Gasteiger partial charge in [-0.15, -0.1) is 0 Å². The molecule has 0 aliphatic carbocycles. The summed E-state index contributed by atoms with van der Waals surface area (Å²) in [5.74, 6) is -1.67. The van der Waals surface area contributed by atoms with Gasteiger partial charge in [-0.2, -0.15) is 0 Å². The first-order chi connectivity index (χ1) is 8.58. The van der Waals surface area contributed by atoms with Crippen LogP contribution < -0.4 is 10.2 Å². The zero-order valence-electron chi connectivity index (χ0n) is 9.18. The van der Waals surface area contributed by atoms with Crippen LogP contribution in [-0.2, 0) is 0 Å². The number of halogens is 2. The van der Waals surface area contributed by atoms with E-state index in [-0.39, 0.29) is 17.0 Å². The molecular weight excluding hydrogens is 241 g/mol. The third-order valence-corrected chi connectivity index (χ3v) is 2.31. The van der Waals surface area contributed by atoms with Crippen LogP contribution in [0.25, 0.3) is 0 Å². The molecule has 2 aromatic carbocycles. The Morgan fingerprint density at radius 2 is 1.67 bits per heavy atom. The molecule has 0 spiro atoms. The smallest absolute Gasteiger partial charge is 0.455 e. The van der Waals surface area contributed by atoms with E-state index >= 15 is 0 Å². The Bertz CT molecular complexity index is 561. The van der Waals surface area contributed by atoms with E-state index in [1.54, 1.807) is 12.1 Å². The van der Waals surface area contributed by atoms with E-state index in [4.69, 9.17) is 14.8 Å². The molecule has 0 radical (unpaired) electrons. The first-order valence-corrected chi connectivity index (χ1v) is 5.16. The molecule has 2 aromatic rings. The van der Waals surface area contributed by atoms with Gasteiger partial charge in [0.2, 0.25) is 0 Å². The summed E-state index contributed by atoms with van der Waals surface area (Å²) in [7, 11) is -1.73. The van der Waals surface area contributed by atoms with Crippen LogP contribution in [0.4, 0.5) is 8.78 Å². The van der Waals surface area contributed by atoms with Gasteiger partial charge >= 0.3 is 7.12 Å². The topological polar surface area (TPSA) is 49.7 Å². The fraction of sp³-hybridized carbons (Fsp3) is 0. The quantitative estimate of drug-likeness (QED) is 0.810. The average Bonchev–Trinajstić information content (AvgIpc) is 2.33. The second-order valence-corrected chi connectivity index (χ2v) is 3.59. The highest BCUT2D eigenvalue weighted by molar-refractivity contribution is 6.59. The zero-order chi connectivity index (χ0) is 13.1. The van der Waals surface area contributed by atoms with E-state index in [0.29, 0.717) is 6.07 Å². The lowest BCUT2D eigenvalue weighted by atomic mass is 9.79. The van der Waals surface area contributed by atoms with Crippen molar-refractivity contribution in [3.63, 3.8) is 0 Å². The standard InChI is InChI=1S/C12H9BF2O3/c14-8-5-6-12(10(15)7-8)18-11-4-2-1-3-9(11)13(16)17/h1-7,16-17H. The Balaban J connectivity index is 2.34. The first-order valence-electron chi connectivity index (χ1n) is 5.16. The van der Waals surface area contributed by atoms with Gasteiger partial charge in [0, 0.05) is 11.5 Å². The van der Waals surface area contributed by atoms with Gasteiger partial charge in [-0.05, 0) is 18.2 Å². The summed E-state index contributed by atoms with van der Waals surface area (Å²) in [4.78, 5) is 0.